The number of rotatable bonds is 3. The van der Waals surface area contributed by atoms with E-state index in [4.69, 9.17) is 0 Å². The first-order valence-electron chi connectivity index (χ1n) is 3.78. The van der Waals surface area contributed by atoms with Crippen molar-refractivity contribution >= 4 is 6.98 Å². The predicted molar refractivity (Wildman–Crippen MR) is 41.8 cm³/mol. The fourth-order valence-electron chi connectivity index (χ4n) is 0.926. The van der Waals surface area contributed by atoms with Gasteiger partial charge in [-0.25, -0.2) is 4.39 Å². The molecule has 0 saturated heterocycles. The highest BCUT2D eigenvalue weighted by Crippen LogP contribution is 2.18. The Morgan fingerprint density at radius 2 is 2.00 bits per heavy atom. The molecular weight excluding hydrogens is 185 g/mol. The summed E-state index contributed by atoms with van der Waals surface area (Å²) in [6.45, 7) is -4.83. The van der Waals surface area contributed by atoms with Gasteiger partial charge in [0, 0.05) is 6.20 Å². The lowest BCUT2D eigenvalue weighted by Gasteiger charge is -2.12. The molecule has 0 N–H and O–H groups in total. The number of halogens is 4. The van der Waals surface area contributed by atoms with E-state index >= 15 is 0 Å². The summed E-state index contributed by atoms with van der Waals surface area (Å²) in [4.78, 5) is 3.44. The normalized spacial score (nSPS) is 11.7. The molecule has 0 fully saturated rings. The summed E-state index contributed by atoms with van der Waals surface area (Å²) in [6, 6.07) is 1.26. The molecule has 0 aliphatic heterocycles. The van der Waals surface area contributed by atoms with Gasteiger partial charge in [-0.05, 0) is 18.1 Å². The highest BCUT2D eigenvalue weighted by molar-refractivity contribution is 6.58. The first kappa shape index (κ1) is 10.0. The van der Waals surface area contributed by atoms with Crippen LogP contribution in [0.3, 0.4) is 0 Å². The lowest BCUT2D eigenvalue weighted by atomic mass is 9.83. The Morgan fingerprint density at radius 1 is 1.31 bits per heavy atom. The average molecular weight is 192 g/mol. The van der Waals surface area contributed by atoms with E-state index in [2.05, 4.69) is 4.98 Å². The highest BCUT2D eigenvalue weighted by atomic mass is 19.4. The Morgan fingerprint density at radius 3 is 2.54 bits per heavy atom. The SMILES string of the molecule is Fc1cnccc1CC[B-](F)(F)F. The molecule has 72 valence electrons. The standard InChI is InChI=1S/C7H7BF4N/c9-7-5-13-4-2-6(7)1-3-8(10,11)12/h2,4-5H,1,3H2/q-1. The molecule has 1 aromatic rings. The van der Waals surface area contributed by atoms with Crippen molar-refractivity contribution in [2.24, 2.45) is 0 Å². The van der Waals surface area contributed by atoms with Crippen molar-refractivity contribution in [3.05, 3.63) is 29.8 Å². The minimum Gasteiger partial charge on any atom is -0.449 e. The van der Waals surface area contributed by atoms with E-state index in [1.165, 1.54) is 12.3 Å². The van der Waals surface area contributed by atoms with Crippen LogP contribution in [0, 0.1) is 5.82 Å². The smallest absolute Gasteiger partial charge is 0.449 e. The number of nitrogens with zero attached hydrogens (tertiary/aromatic N) is 1. The maximum Gasteiger partial charge on any atom is 0.478 e. The Balaban J connectivity index is 2.60. The molecule has 0 saturated carbocycles. The molecule has 0 aromatic carbocycles. The zero-order valence-electron chi connectivity index (χ0n) is 6.68. The van der Waals surface area contributed by atoms with Crippen LogP contribution in [0.15, 0.2) is 18.5 Å². The molecule has 0 aliphatic carbocycles. The number of aromatic nitrogens is 1. The molecule has 0 spiro atoms. The topological polar surface area (TPSA) is 12.9 Å². The van der Waals surface area contributed by atoms with Crippen LogP contribution < -0.4 is 0 Å². The Hall–Kier alpha value is -1.07. The van der Waals surface area contributed by atoms with Gasteiger partial charge < -0.3 is 12.9 Å². The van der Waals surface area contributed by atoms with E-state index in [0.29, 0.717) is 0 Å². The van der Waals surface area contributed by atoms with Gasteiger partial charge in [0.05, 0.1) is 6.20 Å². The Labute approximate surface area is 72.8 Å². The molecule has 1 rings (SSSR count). The highest BCUT2D eigenvalue weighted by Gasteiger charge is 2.22. The van der Waals surface area contributed by atoms with Gasteiger partial charge in [0.1, 0.15) is 5.82 Å². The van der Waals surface area contributed by atoms with Gasteiger partial charge in [0.25, 0.3) is 0 Å². The molecule has 1 nitrogen and oxygen atoms in total. The monoisotopic (exact) mass is 192 g/mol. The second-order valence-corrected chi connectivity index (χ2v) is 2.72. The quantitative estimate of drug-likeness (QED) is 0.529. The molecule has 13 heavy (non-hydrogen) atoms. The van der Waals surface area contributed by atoms with Crippen LogP contribution in [0.25, 0.3) is 0 Å². The van der Waals surface area contributed by atoms with Crippen molar-refractivity contribution < 1.29 is 17.3 Å². The van der Waals surface area contributed by atoms with Crippen LogP contribution in [0.2, 0.25) is 6.32 Å². The van der Waals surface area contributed by atoms with Gasteiger partial charge in [-0.3, -0.25) is 4.98 Å². The fourth-order valence-corrected chi connectivity index (χ4v) is 0.926. The molecule has 0 radical (unpaired) electrons. The average Bonchev–Trinajstić information content (AvgIpc) is 2.01. The molecule has 0 bridgehead atoms. The van der Waals surface area contributed by atoms with Crippen molar-refractivity contribution in [3.8, 4) is 0 Å². The molecule has 1 aromatic heterocycles. The third-order valence-electron chi connectivity index (χ3n) is 1.60. The second kappa shape index (κ2) is 3.76. The van der Waals surface area contributed by atoms with E-state index in [1.807, 2.05) is 0 Å². The minimum absolute atomic E-state index is 0.0641. The molecule has 0 aliphatic rings. The molecule has 1 heterocycles. The molecular formula is C7H7BF4N-. The predicted octanol–water partition coefficient (Wildman–Crippen LogP) is 2.61. The molecule has 0 amide bonds. The van der Waals surface area contributed by atoms with Crippen LogP contribution in [0.4, 0.5) is 17.3 Å². The van der Waals surface area contributed by atoms with Gasteiger partial charge in [-0.1, -0.05) is 6.32 Å². The van der Waals surface area contributed by atoms with Gasteiger partial charge in [0.15, 0.2) is 0 Å². The summed E-state index contributed by atoms with van der Waals surface area (Å²) in [6.07, 6.45) is 0.944. The molecule has 0 unspecified atom stereocenters. The van der Waals surface area contributed by atoms with Gasteiger partial charge in [-0.15, -0.1) is 0 Å². The van der Waals surface area contributed by atoms with E-state index < -0.39 is 19.1 Å². The lowest BCUT2D eigenvalue weighted by Crippen LogP contribution is -2.15. The Bertz CT molecular complexity index is 286. The van der Waals surface area contributed by atoms with E-state index in [9.17, 15) is 17.3 Å². The largest absolute Gasteiger partial charge is 0.478 e. The summed E-state index contributed by atoms with van der Waals surface area (Å²) < 4.78 is 48.1. The summed E-state index contributed by atoms with van der Waals surface area (Å²) in [5, 5.41) is 0. The van der Waals surface area contributed by atoms with E-state index in [-0.39, 0.29) is 12.0 Å². The fraction of sp³-hybridized carbons (Fsp3) is 0.286. The van der Waals surface area contributed by atoms with Crippen molar-refractivity contribution in [1.29, 1.82) is 0 Å². The van der Waals surface area contributed by atoms with Gasteiger partial charge in [-0.2, -0.15) is 0 Å². The number of hydrogen-bond donors (Lipinski definition) is 0. The van der Waals surface area contributed by atoms with Gasteiger partial charge >= 0.3 is 6.98 Å². The molecule has 6 heteroatoms. The van der Waals surface area contributed by atoms with Crippen LogP contribution in [0.5, 0.6) is 0 Å². The summed E-state index contributed by atoms with van der Waals surface area (Å²) in [5.41, 5.74) is 0.0641. The zero-order chi connectivity index (χ0) is 9.90. The maximum atomic E-state index is 12.7. The van der Waals surface area contributed by atoms with Gasteiger partial charge in [0.2, 0.25) is 0 Å². The summed E-state index contributed by atoms with van der Waals surface area (Å²) >= 11 is 0. The molecule has 0 atom stereocenters. The summed E-state index contributed by atoms with van der Waals surface area (Å²) in [7, 11) is 0. The third-order valence-corrected chi connectivity index (χ3v) is 1.60. The number of hydrogen-bond acceptors (Lipinski definition) is 1. The van der Waals surface area contributed by atoms with Crippen molar-refractivity contribution in [2.75, 3.05) is 0 Å². The maximum absolute atomic E-state index is 12.7. The first-order chi connectivity index (χ1) is 5.99. The number of aryl methyl sites for hydroxylation is 1. The third kappa shape index (κ3) is 3.44. The van der Waals surface area contributed by atoms with Crippen LogP contribution in [0.1, 0.15) is 5.56 Å². The van der Waals surface area contributed by atoms with E-state index in [0.717, 1.165) is 6.20 Å². The van der Waals surface area contributed by atoms with Crippen LogP contribution >= 0.6 is 0 Å². The van der Waals surface area contributed by atoms with Crippen molar-refractivity contribution in [2.45, 2.75) is 12.7 Å². The van der Waals surface area contributed by atoms with E-state index in [1.54, 1.807) is 0 Å². The van der Waals surface area contributed by atoms with Crippen LogP contribution in [-0.4, -0.2) is 12.0 Å². The zero-order valence-corrected chi connectivity index (χ0v) is 6.68. The summed E-state index contributed by atoms with van der Waals surface area (Å²) in [5.74, 6) is -0.678. The minimum atomic E-state index is -4.83. The second-order valence-electron chi connectivity index (χ2n) is 2.72. The lowest BCUT2D eigenvalue weighted by molar-refractivity contribution is 0.466. The van der Waals surface area contributed by atoms with Crippen molar-refractivity contribution in [3.63, 3.8) is 0 Å². The van der Waals surface area contributed by atoms with Crippen LogP contribution in [-0.2, 0) is 6.42 Å². The number of pyridine rings is 1. The first-order valence-corrected chi connectivity index (χ1v) is 3.78. The van der Waals surface area contributed by atoms with Crippen molar-refractivity contribution in [1.82, 2.24) is 4.98 Å². The Kier molecular flexibility index (Phi) is 2.90.